The molecule has 0 radical (unpaired) electrons. The van der Waals surface area contributed by atoms with Crippen molar-refractivity contribution in [2.24, 2.45) is 5.92 Å². The Hall–Kier alpha value is -0.830. The van der Waals surface area contributed by atoms with Gasteiger partial charge in [-0.25, -0.2) is 4.98 Å². The van der Waals surface area contributed by atoms with Gasteiger partial charge in [0.05, 0.1) is 5.69 Å². The second kappa shape index (κ2) is 5.67. The van der Waals surface area contributed by atoms with E-state index in [4.69, 9.17) is 4.98 Å². The first kappa shape index (κ1) is 12.6. The number of unbranched alkanes of at least 4 members (excludes halogenated alkanes) is 1. The molecule has 1 aromatic heterocycles. The Morgan fingerprint density at radius 1 is 1.41 bits per heavy atom. The minimum atomic E-state index is 0.687. The molecule has 0 saturated carbocycles. The summed E-state index contributed by atoms with van der Waals surface area (Å²) < 4.78 is 2.50. The number of hydrogen-bond donors (Lipinski definition) is 1. The Morgan fingerprint density at radius 2 is 2.24 bits per heavy atom. The average Bonchev–Trinajstić information content (AvgIpc) is 2.63. The van der Waals surface area contributed by atoms with Crippen molar-refractivity contribution in [1.82, 2.24) is 14.9 Å². The lowest BCUT2D eigenvalue weighted by molar-refractivity contribution is 0.531. The van der Waals surface area contributed by atoms with E-state index < -0.39 is 0 Å². The third-order valence-corrected chi connectivity index (χ3v) is 3.39. The molecule has 0 aromatic carbocycles. The van der Waals surface area contributed by atoms with Gasteiger partial charge in [-0.2, -0.15) is 0 Å². The van der Waals surface area contributed by atoms with Crippen molar-refractivity contribution in [1.29, 1.82) is 0 Å². The smallest absolute Gasteiger partial charge is 0.109 e. The summed E-state index contributed by atoms with van der Waals surface area (Å²) in [5.41, 5.74) is 2.79. The zero-order valence-electron chi connectivity index (χ0n) is 11.4. The summed E-state index contributed by atoms with van der Waals surface area (Å²) in [6.07, 6.45) is 4.77. The number of nitrogens with zero attached hydrogens (tertiary/aromatic N) is 2. The van der Waals surface area contributed by atoms with E-state index in [9.17, 15) is 0 Å². The molecule has 17 heavy (non-hydrogen) atoms. The maximum Gasteiger partial charge on any atom is 0.109 e. The van der Waals surface area contributed by atoms with E-state index in [1.165, 1.54) is 30.1 Å². The summed E-state index contributed by atoms with van der Waals surface area (Å²) in [5, 5.41) is 3.42. The molecule has 3 nitrogen and oxygen atoms in total. The zero-order valence-corrected chi connectivity index (χ0v) is 11.4. The van der Waals surface area contributed by atoms with Gasteiger partial charge in [0.25, 0.3) is 0 Å². The molecular weight excluding hydrogens is 210 g/mol. The van der Waals surface area contributed by atoms with E-state index in [2.05, 4.69) is 30.7 Å². The van der Waals surface area contributed by atoms with E-state index in [0.717, 1.165) is 32.5 Å². The highest BCUT2D eigenvalue weighted by Gasteiger charge is 2.19. The Kier molecular flexibility index (Phi) is 4.21. The van der Waals surface area contributed by atoms with Crippen LogP contribution in [0.4, 0.5) is 0 Å². The molecule has 0 atom stereocenters. The molecule has 96 valence electrons. The molecule has 0 spiro atoms. The second-order valence-electron chi connectivity index (χ2n) is 5.45. The van der Waals surface area contributed by atoms with Gasteiger partial charge in [0.2, 0.25) is 0 Å². The Balaban J connectivity index is 2.25. The van der Waals surface area contributed by atoms with Crippen molar-refractivity contribution in [2.45, 2.75) is 59.5 Å². The van der Waals surface area contributed by atoms with Crippen molar-refractivity contribution in [3.8, 4) is 0 Å². The molecule has 1 aliphatic rings. The minimum Gasteiger partial charge on any atom is -0.332 e. The average molecular weight is 235 g/mol. The molecule has 1 aliphatic heterocycles. The summed E-state index contributed by atoms with van der Waals surface area (Å²) in [6.45, 7) is 10.0. The van der Waals surface area contributed by atoms with E-state index in [-0.39, 0.29) is 0 Å². The highest BCUT2D eigenvalue weighted by molar-refractivity contribution is 5.20. The number of hydrogen-bond acceptors (Lipinski definition) is 2. The molecule has 0 amide bonds. The van der Waals surface area contributed by atoms with Gasteiger partial charge in [-0.15, -0.1) is 0 Å². The standard InChI is InChI=1S/C14H25N3/c1-4-5-8-17-13-6-7-15-10-12(13)16-14(17)9-11(2)3/h11,15H,4-10H2,1-3H3. The maximum absolute atomic E-state index is 4.84. The molecular formula is C14H25N3. The van der Waals surface area contributed by atoms with E-state index in [1.807, 2.05) is 0 Å². The van der Waals surface area contributed by atoms with Crippen molar-refractivity contribution in [3.05, 3.63) is 17.2 Å². The predicted octanol–water partition coefficient (Wildman–Crippen LogP) is 2.53. The fourth-order valence-electron chi connectivity index (χ4n) is 2.53. The van der Waals surface area contributed by atoms with E-state index in [0.29, 0.717) is 5.92 Å². The summed E-state index contributed by atoms with van der Waals surface area (Å²) >= 11 is 0. The first-order valence-electron chi connectivity index (χ1n) is 7.00. The molecule has 0 fully saturated rings. The van der Waals surface area contributed by atoms with Crippen LogP contribution < -0.4 is 5.32 Å². The van der Waals surface area contributed by atoms with Crippen molar-refractivity contribution < 1.29 is 0 Å². The van der Waals surface area contributed by atoms with E-state index in [1.54, 1.807) is 0 Å². The maximum atomic E-state index is 4.84. The molecule has 1 N–H and O–H groups in total. The first-order valence-corrected chi connectivity index (χ1v) is 7.00. The zero-order chi connectivity index (χ0) is 12.3. The third kappa shape index (κ3) is 2.89. The lowest BCUT2D eigenvalue weighted by Crippen LogP contribution is -2.25. The van der Waals surface area contributed by atoms with Crippen molar-refractivity contribution in [2.75, 3.05) is 6.54 Å². The quantitative estimate of drug-likeness (QED) is 0.850. The van der Waals surface area contributed by atoms with Crippen LogP contribution in [0.3, 0.4) is 0 Å². The van der Waals surface area contributed by atoms with Gasteiger partial charge in [-0.3, -0.25) is 0 Å². The summed E-state index contributed by atoms with van der Waals surface area (Å²) in [6, 6.07) is 0. The number of fused-ring (bicyclic) bond motifs is 1. The highest BCUT2D eigenvalue weighted by atomic mass is 15.1. The lowest BCUT2D eigenvalue weighted by Gasteiger charge is -2.16. The third-order valence-electron chi connectivity index (χ3n) is 3.39. The van der Waals surface area contributed by atoms with Crippen LogP contribution in [0.15, 0.2) is 0 Å². The van der Waals surface area contributed by atoms with Gasteiger partial charge in [0, 0.05) is 38.2 Å². The molecule has 0 aliphatic carbocycles. The van der Waals surface area contributed by atoms with Crippen LogP contribution in [-0.4, -0.2) is 16.1 Å². The predicted molar refractivity (Wildman–Crippen MR) is 71.1 cm³/mol. The van der Waals surface area contributed by atoms with Crippen molar-refractivity contribution in [3.63, 3.8) is 0 Å². The normalized spacial score (nSPS) is 15.3. The molecule has 1 aromatic rings. The summed E-state index contributed by atoms with van der Waals surface area (Å²) in [4.78, 5) is 4.84. The monoisotopic (exact) mass is 235 g/mol. The molecule has 3 heteroatoms. The van der Waals surface area contributed by atoms with Crippen LogP contribution in [0.25, 0.3) is 0 Å². The van der Waals surface area contributed by atoms with Gasteiger partial charge >= 0.3 is 0 Å². The largest absolute Gasteiger partial charge is 0.332 e. The lowest BCUT2D eigenvalue weighted by atomic mass is 10.1. The molecule has 0 unspecified atom stereocenters. The topological polar surface area (TPSA) is 29.9 Å². The van der Waals surface area contributed by atoms with Gasteiger partial charge in [0.1, 0.15) is 5.82 Å². The molecule has 0 bridgehead atoms. The second-order valence-corrected chi connectivity index (χ2v) is 5.45. The van der Waals surface area contributed by atoms with E-state index >= 15 is 0 Å². The number of nitrogens with one attached hydrogen (secondary N) is 1. The number of rotatable bonds is 5. The van der Waals surface area contributed by atoms with Crippen LogP contribution in [0, 0.1) is 5.92 Å². The van der Waals surface area contributed by atoms with Crippen LogP contribution in [0.1, 0.15) is 50.8 Å². The van der Waals surface area contributed by atoms with Gasteiger partial charge in [-0.05, 0) is 12.3 Å². The SMILES string of the molecule is CCCCn1c(CC(C)C)nc2c1CCNC2. The Morgan fingerprint density at radius 3 is 2.94 bits per heavy atom. The summed E-state index contributed by atoms with van der Waals surface area (Å²) in [5.74, 6) is 1.99. The van der Waals surface area contributed by atoms with Gasteiger partial charge < -0.3 is 9.88 Å². The summed E-state index contributed by atoms with van der Waals surface area (Å²) in [7, 11) is 0. The van der Waals surface area contributed by atoms with Crippen LogP contribution in [0.2, 0.25) is 0 Å². The number of imidazole rings is 1. The van der Waals surface area contributed by atoms with Crippen LogP contribution in [-0.2, 0) is 25.9 Å². The van der Waals surface area contributed by atoms with Crippen molar-refractivity contribution >= 4 is 0 Å². The molecule has 0 saturated heterocycles. The fraction of sp³-hybridized carbons (Fsp3) is 0.786. The highest BCUT2D eigenvalue weighted by Crippen LogP contribution is 2.19. The molecule has 2 heterocycles. The van der Waals surface area contributed by atoms with Gasteiger partial charge in [-0.1, -0.05) is 27.2 Å². The van der Waals surface area contributed by atoms with Crippen LogP contribution in [0.5, 0.6) is 0 Å². The Labute approximate surface area is 105 Å². The molecule has 2 rings (SSSR count). The first-order chi connectivity index (χ1) is 8.22. The van der Waals surface area contributed by atoms with Gasteiger partial charge in [0.15, 0.2) is 0 Å². The van der Waals surface area contributed by atoms with Crippen LogP contribution >= 0.6 is 0 Å². The minimum absolute atomic E-state index is 0.687. The Bertz CT molecular complexity index is 366. The fourth-order valence-corrected chi connectivity index (χ4v) is 2.53. The number of aromatic nitrogens is 2.